The molecule has 0 atom stereocenters. The van der Waals surface area contributed by atoms with E-state index >= 15 is 0 Å². The fourth-order valence-electron chi connectivity index (χ4n) is 2.68. The predicted molar refractivity (Wildman–Crippen MR) is 89.1 cm³/mol. The molecule has 0 radical (unpaired) electrons. The van der Waals surface area contributed by atoms with Gasteiger partial charge in [-0.15, -0.1) is 5.10 Å². The molecule has 0 bridgehead atoms. The summed E-state index contributed by atoms with van der Waals surface area (Å²) in [5.41, 5.74) is -0.0612. The van der Waals surface area contributed by atoms with Gasteiger partial charge in [-0.1, -0.05) is 0 Å². The Bertz CT molecular complexity index is 919. The Morgan fingerprint density at radius 2 is 2.07 bits per heavy atom. The topological polar surface area (TPSA) is 125 Å². The first-order valence-electron chi connectivity index (χ1n) is 7.90. The predicted octanol–water partition coefficient (Wildman–Crippen LogP) is 2.71. The molecule has 2 aromatic rings. The fraction of sp³-hybridized carbons (Fsp3) is 0.333. The number of anilines is 1. The summed E-state index contributed by atoms with van der Waals surface area (Å²) in [6.45, 7) is 2.70. The van der Waals surface area contributed by atoms with E-state index in [0.717, 1.165) is 23.4 Å². The first kappa shape index (κ1) is 18.6. The lowest BCUT2D eigenvalue weighted by molar-refractivity contribution is -0.385. The van der Waals surface area contributed by atoms with Gasteiger partial charge in [-0.25, -0.2) is 10.2 Å². The van der Waals surface area contributed by atoms with E-state index in [1.807, 2.05) is 0 Å². The second-order valence-corrected chi connectivity index (χ2v) is 5.92. The summed E-state index contributed by atoms with van der Waals surface area (Å²) in [5, 5.41) is 26.5. The summed E-state index contributed by atoms with van der Waals surface area (Å²) in [6.07, 6.45) is -4.68. The third-order valence-corrected chi connectivity index (χ3v) is 3.91. The van der Waals surface area contributed by atoms with E-state index in [0.29, 0.717) is 30.8 Å². The van der Waals surface area contributed by atoms with Crippen LogP contribution in [0.4, 0.5) is 24.7 Å². The lowest BCUT2D eigenvalue weighted by Gasteiger charge is -2.11. The van der Waals surface area contributed by atoms with Crippen LogP contribution >= 0.6 is 0 Å². The van der Waals surface area contributed by atoms with Crippen molar-refractivity contribution in [1.82, 2.24) is 25.7 Å². The van der Waals surface area contributed by atoms with Crippen molar-refractivity contribution in [2.45, 2.75) is 32.7 Å². The van der Waals surface area contributed by atoms with E-state index in [2.05, 4.69) is 31.0 Å². The van der Waals surface area contributed by atoms with E-state index in [1.54, 1.807) is 6.92 Å². The Hall–Kier alpha value is -3.15. The lowest BCUT2D eigenvalue weighted by Crippen LogP contribution is -2.10. The quantitative estimate of drug-likeness (QED) is 0.475. The van der Waals surface area contributed by atoms with Crippen LogP contribution in [0.1, 0.15) is 28.2 Å². The number of aromatic nitrogens is 4. The number of benzene rings is 1. The molecule has 0 fully saturated rings. The Labute approximate surface area is 150 Å². The Kier molecular flexibility index (Phi) is 4.99. The van der Waals surface area contributed by atoms with Gasteiger partial charge in [0.2, 0.25) is 0 Å². The highest BCUT2D eigenvalue weighted by Gasteiger charge is 2.32. The van der Waals surface area contributed by atoms with E-state index in [-0.39, 0.29) is 12.1 Å². The van der Waals surface area contributed by atoms with Crippen LogP contribution < -0.4 is 10.6 Å². The van der Waals surface area contributed by atoms with Crippen molar-refractivity contribution in [3.8, 4) is 0 Å². The number of nitrogens with one attached hydrogen (secondary N) is 4. The van der Waals surface area contributed by atoms with Gasteiger partial charge in [-0.2, -0.15) is 13.2 Å². The normalized spacial score (nSPS) is 13.2. The number of non-ortho nitro benzene ring substituents is 1. The number of rotatable bonds is 4. The summed E-state index contributed by atoms with van der Waals surface area (Å²) in [4.78, 5) is 14.5. The third kappa shape index (κ3) is 4.34. The molecule has 0 saturated heterocycles. The molecule has 1 aromatic heterocycles. The van der Waals surface area contributed by atoms with Crippen molar-refractivity contribution in [3.05, 3.63) is 56.5 Å². The Morgan fingerprint density at radius 3 is 2.78 bits per heavy atom. The van der Waals surface area contributed by atoms with Gasteiger partial charge in [0, 0.05) is 37.3 Å². The molecular formula is C15H16F3N7O2. The van der Waals surface area contributed by atoms with Crippen molar-refractivity contribution in [2.75, 3.05) is 5.32 Å². The number of alkyl halides is 3. The average Bonchev–Trinajstić information content (AvgIpc) is 3.02. The molecule has 4 N–H and O–H groups in total. The van der Waals surface area contributed by atoms with Crippen LogP contribution in [0.5, 0.6) is 0 Å². The fourth-order valence-corrected chi connectivity index (χ4v) is 2.68. The smallest absolute Gasteiger partial charge is 0.364 e. The maximum Gasteiger partial charge on any atom is 0.416 e. The first-order valence-corrected chi connectivity index (χ1v) is 7.90. The standard InChI is InChI=1S/C15H16F3N7O2/c1-8-21-13-7-19-6-12(13)14(23-24-22-8)20-5-9-2-10(15(16,17)18)4-11(3-9)25(26)27/h2-4,19,24H,5-7H2,1H3,(H,20,23)(H,21,22). The molecule has 3 rings (SSSR count). The van der Waals surface area contributed by atoms with Gasteiger partial charge >= 0.3 is 6.18 Å². The van der Waals surface area contributed by atoms with Gasteiger partial charge < -0.3 is 10.6 Å². The maximum absolute atomic E-state index is 13.0. The van der Waals surface area contributed by atoms with Crippen molar-refractivity contribution < 1.29 is 18.1 Å². The monoisotopic (exact) mass is 383 g/mol. The van der Waals surface area contributed by atoms with Gasteiger partial charge in [-0.3, -0.25) is 15.2 Å². The lowest BCUT2D eigenvalue weighted by atomic mass is 10.1. The van der Waals surface area contributed by atoms with Crippen LogP contribution in [0.15, 0.2) is 18.2 Å². The van der Waals surface area contributed by atoms with Crippen LogP contribution in [0.2, 0.25) is 0 Å². The second-order valence-electron chi connectivity index (χ2n) is 5.92. The van der Waals surface area contributed by atoms with Crippen LogP contribution in [-0.2, 0) is 25.8 Å². The van der Waals surface area contributed by atoms with Crippen LogP contribution in [-0.4, -0.2) is 25.3 Å². The summed E-state index contributed by atoms with van der Waals surface area (Å²) in [7, 11) is 0. The highest BCUT2D eigenvalue weighted by Crippen LogP contribution is 2.33. The van der Waals surface area contributed by atoms with Crippen molar-refractivity contribution >= 4 is 11.5 Å². The molecule has 12 heteroatoms. The van der Waals surface area contributed by atoms with Gasteiger partial charge in [0.05, 0.1) is 16.2 Å². The average molecular weight is 383 g/mol. The van der Waals surface area contributed by atoms with E-state index in [1.165, 1.54) is 0 Å². The summed E-state index contributed by atoms with van der Waals surface area (Å²) in [5.74, 6) is 1.00. The largest absolute Gasteiger partial charge is 0.416 e. The SMILES string of the molecule is Cc1nc2c(c(NCc3cc([N+](=O)[O-])cc(C(F)(F)F)c3)n[nH][nH]1)CNC2. The third-order valence-electron chi connectivity index (χ3n) is 3.91. The molecule has 27 heavy (non-hydrogen) atoms. The number of halogens is 3. The molecule has 0 saturated carbocycles. The summed E-state index contributed by atoms with van der Waals surface area (Å²) >= 11 is 0. The molecule has 144 valence electrons. The van der Waals surface area contributed by atoms with Gasteiger partial charge in [0.1, 0.15) is 5.82 Å². The number of hydrogen-bond donors (Lipinski definition) is 4. The van der Waals surface area contributed by atoms with Crippen LogP contribution in [0.25, 0.3) is 0 Å². The van der Waals surface area contributed by atoms with Crippen LogP contribution in [0, 0.1) is 17.0 Å². The molecule has 1 aromatic carbocycles. The Morgan fingerprint density at radius 1 is 1.30 bits per heavy atom. The minimum atomic E-state index is -4.68. The highest BCUT2D eigenvalue weighted by molar-refractivity contribution is 5.48. The van der Waals surface area contributed by atoms with Crippen molar-refractivity contribution in [3.63, 3.8) is 0 Å². The van der Waals surface area contributed by atoms with E-state index in [4.69, 9.17) is 0 Å². The first-order chi connectivity index (χ1) is 12.7. The number of nitro benzene ring substituents is 1. The molecule has 0 amide bonds. The zero-order chi connectivity index (χ0) is 19.6. The molecule has 0 unspecified atom stereocenters. The molecular weight excluding hydrogens is 367 g/mol. The number of aromatic amines is 2. The maximum atomic E-state index is 13.0. The summed E-state index contributed by atoms with van der Waals surface area (Å²) < 4.78 is 39.0. The number of nitro groups is 1. The number of H-pyrrole nitrogens is 2. The molecule has 1 aliphatic heterocycles. The van der Waals surface area contributed by atoms with Gasteiger partial charge in [-0.05, 0) is 18.6 Å². The zero-order valence-electron chi connectivity index (χ0n) is 14.1. The van der Waals surface area contributed by atoms with Crippen molar-refractivity contribution in [1.29, 1.82) is 0 Å². The number of fused-ring (bicyclic) bond motifs is 1. The van der Waals surface area contributed by atoms with Crippen LogP contribution in [0.3, 0.4) is 0 Å². The van der Waals surface area contributed by atoms with Crippen molar-refractivity contribution in [2.24, 2.45) is 0 Å². The summed E-state index contributed by atoms with van der Waals surface area (Å²) in [6, 6.07) is 2.49. The molecule has 0 aliphatic carbocycles. The highest BCUT2D eigenvalue weighted by atomic mass is 19.4. The second kappa shape index (κ2) is 7.23. The number of hydrogen-bond acceptors (Lipinski definition) is 6. The van der Waals surface area contributed by atoms with Gasteiger partial charge in [0.15, 0.2) is 5.82 Å². The van der Waals surface area contributed by atoms with E-state index < -0.39 is 22.4 Å². The number of aryl methyl sites for hydroxylation is 1. The molecule has 9 nitrogen and oxygen atoms in total. The molecule has 2 heterocycles. The van der Waals surface area contributed by atoms with Gasteiger partial charge in [0.25, 0.3) is 5.69 Å². The van der Waals surface area contributed by atoms with E-state index in [9.17, 15) is 23.3 Å². The zero-order valence-corrected chi connectivity index (χ0v) is 14.1. The molecule has 1 aliphatic rings. The Balaban J connectivity index is 1.93. The minimum absolute atomic E-state index is 0.0786. The minimum Gasteiger partial charge on any atom is -0.364 e. The number of nitrogens with zero attached hydrogens (tertiary/aromatic N) is 3. The molecule has 0 spiro atoms.